The second kappa shape index (κ2) is 3.69. The molecule has 0 heterocycles. The van der Waals surface area contributed by atoms with Gasteiger partial charge in [-0.05, 0) is 37.3 Å². The van der Waals surface area contributed by atoms with Crippen molar-refractivity contribution in [3.05, 3.63) is 35.4 Å². The Hall–Kier alpha value is -1.31. The van der Waals surface area contributed by atoms with Gasteiger partial charge in [0.2, 0.25) is 0 Å². The number of hydrogen-bond donors (Lipinski definition) is 1. The minimum atomic E-state index is -0.628. The van der Waals surface area contributed by atoms with Gasteiger partial charge in [0, 0.05) is 0 Å². The molecule has 1 fully saturated rings. The minimum absolute atomic E-state index is 0.466. The predicted octanol–water partition coefficient (Wildman–Crippen LogP) is 2.79. The highest BCUT2D eigenvalue weighted by atomic mass is 16.4. The fraction of sp³-hybridized carbons (Fsp3) is 0.462. The zero-order valence-corrected chi connectivity index (χ0v) is 8.99. The van der Waals surface area contributed by atoms with Gasteiger partial charge in [-0.3, -0.25) is 4.79 Å². The van der Waals surface area contributed by atoms with Gasteiger partial charge < -0.3 is 5.11 Å². The molecule has 0 radical (unpaired) electrons. The van der Waals surface area contributed by atoms with Crippen LogP contribution in [-0.2, 0) is 11.2 Å². The number of carboxylic acids is 1. The summed E-state index contributed by atoms with van der Waals surface area (Å²) in [6, 6.07) is 8.06. The first-order valence-corrected chi connectivity index (χ1v) is 5.42. The van der Waals surface area contributed by atoms with Crippen LogP contribution >= 0.6 is 0 Å². The number of aliphatic carboxylic acids is 1. The zero-order chi connectivity index (χ0) is 10.9. The molecular weight excluding hydrogens is 188 g/mol. The van der Waals surface area contributed by atoms with Crippen molar-refractivity contribution in [2.75, 3.05) is 0 Å². The zero-order valence-electron chi connectivity index (χ0n) is 8.99. The molecule has 2 nitrogen and oxygen atoms in total. The smallest absolute Gasteiger partial charge is 0.309 e. The molecule has 1 saturated carbocycles. The van der Waals surface area contributed by atoms with Crippen LogP contribution in [0.5, 0.6) is 0 Å². The van der Waals surface area contributed by atoms with Crippen molar-refractivity contribution in [3.63, 3.8) is 0 Å². The maximum Gasteiger partial charge on any atom is 0.309 e. The van der Waals surface area contributed by atoms with Crippen LogP contribution in [0, 0.1) is 12.3 Å². The standard InChI is InChI=1S/C13H16O2/c1-10-5-2-3-6-11(10)9-13(12(14)15)7-4-8-13/h2-3,5-6H,4,7-9H2,1H3,(H,14,15). The molecule has 0 amide bonds. The van der Waals surface area contributed by atoms with E-state index in [1.54, 1.807) is 0 Å². The van der Waals surface area contributed by atoms with Crippen LogP contribution in [0.15, 0.2) is 24.3 Å². The van der Waals surface area contributed by atoms with Gasteiger partial charge in [-0.1, -0.05) is 30.7 Å². The molecule has 0 aromatic heterocycles. The largest absolute Gasteiger partial charge is 0.481 e. The number of rotatable bonds is 3. The Labute approximate surface area is 89.9 Å². The van der Waals surface area contributed by atoms with Gasteiger partial charge in [-0.2, -0.15) is 0 Å². The third-order valence-corrected chi connectivity index (χ3v) is 3.55. The summed E-state index contributed by atoms with van der Waals surface area (Å²) >= 11 is 0. The van der Waals surface area contributed by atoms with Crippen LogP contribution in [-0.4, -0.2) is 11.1 Å². The Bertz CT molecular complexity index is 378. The molecule has 0 atom stereocenters. The molecule has 1 aromatic rings. The average Bonchev–Trinajstić information content (AvgIpc) is 2.13. The van der Waals surface area contributed by atoms with Gasteiger partial charge in [-0.25, -0.2) is 0 Å². The number of carboxylic acid groups (broad SMARTS) is 1. The monoisotopic (exact) mass is 204 g/mol. The summed E-state index contributed by atoms with van der Waals surface area (Å²) in [5, 5.41) is 9.24. The summed E-state index contributed by atoms with van der Waals surface area (Å²) in [5.74, 6) is -0.628. The van der Waals surface area contributed by atoms with E-state index in [9.17, 15) is 9.90 Å². The first-order valence-electron chi connectivity index (χ1n) is 5.42. The van der Waals surface area contributed by atoms with Crippen molar-refractivity contribution in [3.8, 4) is 0 Å². The van der Waals surface area contributed by atoms with Gasteiger partial charge in [0.05, 0.1) is 5.41 Å². The average molecular weight is 204 g/mol. The molecule has 2 heteroatoms. The quantitative estimate of drug-likeness (QED) is 0.822. The van der Waals surface area contributed by atoms with Gasteiger partial charge in [-0.15, -0.1) is 0 Å². The third kappa shape index (κ3) is 1.76. The van der Waals surface area contributed by atoms with Crippen molar-refractivity contribution in [2.45, 2.75) is 32.6 Å². The summed E-state index contributed by atoms with van der Waals surface area (Å²) < 4.78 is 0. The Kier molecular flexibility index (Phi) is 2.51. The van der Waals surface area contributed by atoms with E-state index >= 15 is 0 Å². The highest BCUT2D eigenvalue weighted by Crippen LogP contribution is 2.44. The van der Waals surface area contributed by atoms with E-state index in [1.807, 2.05) is 31.2 Å². The highest BCUT2D eigenvalue weighted by Gasteiger charge is 2.44. The Balaban J connectivity index is 2.21. The first-order chi connectivity index (χ1) is 7.14. The van der Waals surface area contributed by atoms with E-state index < -0.39 is 11.4 Å². The highest BCUT2D eigenvalue weighted by molar-refractivity contribution is 5.76. The molecule has 0 aliphatic heterocycles. The van der Waals surface area contributed by atoms with Crippen LogP contribution in [0.3, 0.4) is 0 Å². The molecule has 0 unspecified atom stereocenters. The van der Waals surface area contributed by atoms with Crippen molar-refractivity contribution >= 4 is 5.97 Å². The van der Waals surface area contributed by atoms with Gasteiger partial charge in [0.15, 0.2) is 0 Å². The summed E-state index contributed by atoms with van der Waals surface area (Å²) in [5.41, 5.74) is 1.91. The molecule has 0 spiro atoms. The van der Waals surface area contributed by atoms with Crippen molar-refractivity contribution in [1.29, 1.82) is 0 Å². The van der Waals surface area contributed by atoms with Crippen LogP contribution < -0.4 is 0 Å². The lowest BCUT2D eigenvalue weighted by Gasteiger charge is -2.38. The van der Waals surface area contributed by atoms with Gasteiger partial charge in [0.1, 0.15) is 0 Å². The summed E-state index contributed by atoms with van der Waals surface area (Å²) in [6.45, 7) is 2.05. The first kappa shape index (κ1) is 10.2. The summed E-state index contributed by atoms with van der Waals surface area (Å²) in [7, 11) is 0. The Morgan fingerprint density at radius 1 is 1.40 bits per heavy atom. The van der Waals surface area contributed by atoms with E-state index in [-0.39, 0.29) is 0 Å². The topological polar surface area (TPSA) is 37.3 Å². The molecule has 1 aliphatic rings. The SMILES string of the molecule is Cc1ccccc1CC1(C(=O)O)CCC1. The van der Waals surface area contributed by atoms with E-state index in [0.717, 1.165) is 19.3 Å². The van der Waals surface area contributed by atoms with Gasteiger partial charge >= 0.3 is 5.97 Å². The van der Waals surface area contributed by atoms with Crippen LogP contribution in [0.25, 0.3) is 0 Å². The van der Waals surface area contributed by atoms with Crippen molar-refractivity contribution in [2.24, 2.45) is 5.41 Å². The molecule has 1 N–H and O–H groups in total. The maximum absolute atomic E-state index is 11.2. The van der Waals surface area contributed by atoms with Crippen LogP contribution in [0.1, 0.15) is 30.4 Å². The van der Waals surface area contributed by atoms with E-state index in [1.165, 1.54) is 11.1 Å². The minimum Gasteiger partial charge on any atom is -0.481 e. The van der Waals surface area contributed by atoms with E-state index in [0.29, 0.717) is 6.42 Å². The lowest BCUT2D eigenvalue weighted by atomic mass is 9.65. The number of benzene rings is 1. The third-order valence-electron chi connectivity index (χ3n) is 3.55. The van der Waals surface area contributed by atoms with Crippen molar-refractivity contribution in [1.82, 2.24) is 0 Å². The molecule has 80 valence electrons. The molecular formula is C13H16O2. The van der Waals surface area contributed by atoms with Gasteiger partial charge in [0.25, 0.3) is 0 Å². The van der Waals surface area contributed by atoms with Crippen LogP contribution in [0.4, 0.5) is 0 Å². The molecule has 15 heavy (non-hydrogen) atoms. The molecule has 0 saturated heterocycles. The predicted molar refractivity (Wildman–Crippen MR) is 58.8 cm³/mol. The normalized spacial score (nSPS) is 18.2. The van der Waals surface area contributed by atoms with E-state index in [4.69, 9.17) is 0 Å². The number of carbonyl (C=O) groups is 1. The van der Waals surface area contributed by atoms with Crippen LogP contribution in [0.2, 0.25) is 0 Å². The molecule has 0 bridgehead atoms. The Morgan fingerprint density at radius 3 is 2.53 bits per heavy atom. The summed E-state index contributed by atoms with van der Waals surface area (Å²) in [4.78, 5) is 11.2. The lowest BCUT2D eigenvalue weighted by molar-refractivity contribution is -0.154. The lowest BCUT2D eigenvalue weighted by Crippen LogP contribution is -2.40. The summed E-state index contributed by atoms with van der Waals surface area (Å²) in [6.07, 6.45) is 3.40. The van der Waals surface area contributed by atoms with Crippen molar-refractivity contribution < 1.29 is 9.90 Å². The molecule has 2 rings (SSSR count). The number of aryl methyl sites for hydroxylation is 1. The number of hydrogen-bond acceptors (Lipinski definition) is 1. The fourth-order valence-electron chi connectivity index (χ4n) is 2.24. The fourth-order valence-corrected chi connectivity index (χ4v) is 2.24. The Morgan fingerprint density at radius 2 is 2.07 bits per heavy atom. The maximum atomic E-state index is 11.2. The molecule has 1 aromatic carbocycles. The van der Waals surface area contributed by atoms with E-state index in [2.05, 4.69) is 0 Å². The second-order valence-electron chi connectivity index (χ2n) is 4.54. The second-order valence-corrected chi connectivity index (χ2v) is 4.54. The molecule has 1 aliphatic carbocycles.